The molecule has 1 aliphatic rings. The fraction of sp³-hybridized carbons (Fsp3) is 0.385. The van der Waals surface area contributed by atoms with Crippen LogP contribution in [-0.2, 0) is 14.4 Å². The van der Waals surface area contributed by atoms with Crippen LogP contribution in [0.5, 0.6) is 0 Å². The third-order valence-corrected chi connectivity index (χ3v) is 3.97. The maximum Gasteiger partial charge on any atom is 0.249 e. The number of carbonyl (C=O) groups excluding carboxylic acids is 3. The fourth-order valence-corrected chi connectivity index (χ4v) is 2.77. The molecular weight excluding hydrogens is 278 g/mol. The number of piperazine rings is 1. The number of nitrogens with one attached hydrogen (secondary N) is 1. The molecule has 0 spiro atoms. The highest BCUT2D eigenvalue weighted by Gasteiger charge is 2.35. The van der Waals surface area contributed by atoms with E-state index in [1.807, 2.05) is 19.1 Å². The van der Waals surface area contributed by atoms with Gasteiger partial charge in [-0.1, -0.05) is 6.92 Å². The molecule has 6 nitrogen and oxygen atoms in total. The SMILES string of the molecule is CCC1C(=O)NC(=O)CN1C(=O)CSc1ccncc1. The van der Waals surface area contributed by atoms with E-state index in [0.29, 0.717) is 6.42 Å². The van der Waals surface area contributed by atoms with Crippen LogP contribution in [0.1, 0.15) is 13.3 Å². The lowest BCUT2D eigenvalue weighted by Gasteiger charge is -2.33. The van der Waals surface area contributed by atoms with E-state index < -0.39 is 17.9 Å². The number of imide groups is 1. The summed E-state index contributed by atoms with van der Waals surface area (Å²) in [6.07, 6.45) is 3.80. The molecule has 0 aromatic carbocycles. The van der Waals surface area contributed by atoms with Crippen molar-refractivity contribution in [2.24, 2.45) is 0 Å². The number of nitrogens with zero attached hydrogens (tertiary/aromatic N) is 2. The summed E-state index contributed by atoms with van der Waals surface area (Å²) >= 11 is 1.36. The number of carbonyl (C=O) groups is 3. The summed E-state index contributed by atoms with van der Waals surface area (Å²) in [5.41, 5.74) is 0. The second-order valence-corrected chi connectivity index (χ2v) is 5.38. The van der Waals surface area contributed by atoms with Crippen LogP contribution >= 0.6 is 11.8 Å². The Morgan fingerprint density at radius 1 is 1.45 bits per heavy atom. The van der Waals surface area contributed by atoms with Crippen LogP contribution in [0.25, 0.3) is 0 Å². The van der Waals surface area contributed by atoms with E-state index in [2.05, 4.69) is 10.3 Å². The fourth-order valence-electron chi connectivity index (χ4n) is 2.00. The molecule has 3 amide bonds. The molecule has 106 valence electrons. The Kier molecular flexibility index (Phi) is 4.73. The highest BCUT2D eigenvalue weighted by molar-refractivity contribution is 8.00. The monoisotopic (exact) mass is 293 g/mol. The first-order valence-electron chi connectivity index (χ1n) is 6.27. The third-order valence-electron chi connectivity index (χ3n) is 2.97. The van der Waals surface area contributed by atoms with Crippen molar-refractivity contribution >= 4 is 29.5 Å². The lowest BCUT2D eigenvalue weighted by atomic mass is 10.1. The van der Waals surface area contributed by atoms with Crippen LogP contribution in [0.4, 0.5) is 0 Å². The minimum absolute atomic E-state index is 0.0556. The zero-order chi connectivity index (χ0) is 14.5. The minimum Gasteiger partial charge on any atom is -0.321 e. The Bertz CT molecular complexity index is 521. The first kappa shape index (κ1) is 14.5. The van der Waals surface area contributed by atoms with Gasteiger partial charge in [-0.25, -0.2) is 0 Å². The van der Waals surface area contributed by atoms with Gasteiger partial charge in [0.05, 0.1) is 5.75 Å². The highest BCUT2D eigenvalue weighted by Crippen LogP contribution is 2.18. The summed E-state index contributed by atoms with van der Waals surface area (Å²) < 4.78 is 0. The first-order chi connectivity index (χ1) is 9.61. The van der Waals surface area contributed by atoms with Crippen LogP contribution < -0.4 is 5.32 Å². The minimum atomic E-state index is -0.557. The molecule has 1 aromatic heterocycles. The highest BCUT2D eigenvalue weighted by atomic mass is 32.2. The molecule has 2 heterocycles. The Labute approximate surface area is 120 Å². The lowest BCUT2D eigenvalue weighted by molar-refractivity contribution is -0.148. The van der Waals surface area contributed by atoms with Gasteiger partial charge >= 0.3 is 0 Å². The van der Waals surface area contributed by atoms with Crippen molar-refractivity contribution in [1.82, 2.24) is 15.2 Å². The molecule has 1 N–H and O–H groups in total. The third kappa shape index (κ3) is 3.36. The molecule has 0 bridgehead atoms. The van der Waals surface area contributed by atoms with Crippen molar-refractivity contribution < 1.29 is 14.4 Å². The van der Waals surface area contributed by atoms with Crippen molar-refractivity contribution in [3.05, 3.63) is 24.5 Å². The van der Waals surface area contributed by atoms with Crippen LogP contribution in [-0.4, -0.2) is 45.9 Å². The van der Waals surface area contributed by atoms with Crippen molar-refractivity contribution in [1.29, 1.82) is 0 Å². The predicted octanol–water partition coefficient (Wildman–Crippen LogP) is 0.437. The van der Waals surface area contributed by atoms with Crippen LogP contribution in [0.2, 0.25) is 0 Å². The van der Waals surface area contributed by atoms with Crippen LogP contribution in [0.15, 0.2) is 29.4 Å². The van der Waals surface area contributed by atoms with Gasteiger partial charge < -0.3 is 4.90 Å². The zero-order valence-corrected chi connectivity index (χ0v) is 11.9. The summed E-state index contributed by atoms with van der Waals surface area (Å²) in [5, 5.41) is 2.25. The molecule has 0 radical (unpaired) electrons. The number of hydrogen-bond donors (Lipinski definition) is 1. The first-order valence-corrected chi connectivity index (χ1v) is 7.26. The Hall–Kier alpha value is -1.89. The molecule has 1 unspecified atom stereocenters. The summed E-state index contributed by atoms with van der Waals surface area (Å²) in [7, 11) is 0. The van der Waals surface area contributed by atoms with Crippen molar-refractivity contribution in [3.8, 4) is 0 Å². The molecule has 0 aliphatic carbocycles. The second kappa shape index (κ2) is 6.51. The zero-order valence-electron chi connectivity index (χ0n) is 11.0. The van der Waals surface area contributed by atoms with E-state index in [0.717, 1.165) is 4.90 Å². The normalized spacial score (nSPS) is 18.9. The van der Waals surface area contributed by atoms with Crippen LogP contribution in [0, 0.1) is 0 Å². The number of hydrogen-bond acceptors (Lipinski definition) is 5. The summed E-state index contributed by atoms with van der Waals surface area (Å²) in [5.74, 6) is -0.837. The van der Waals surface area contributed by atoms with E-state index in [-0.39, 0.29) is 18.2 Å². The summed E-state index contributed by atoms with van der Waals surface area (Å²) in [4.78, 5) is 41.4. The van der Waals surface area contributed by atoms with Crippen molar-refractivity contribution in [2.75, 3.05) is 12.3 Å². The number of thioether (sulfide) groups is 1. The van der Waals surface area contributed by atoms with Gasteiger partial charge in [-0.15, -0.1) is 11.8 Å². The van der Waals surface area contributed by atoms with Gasteiger partial charge in [0, 0.05) is 17.3 Å². The van der Waals surface area contributed by atoms with E-state index in [4.69, 9.17) is 0 Å². The average molecular weight is 293 g/mol. The molecule has 20 heavy (non-hydrogen) atoms. The van der Waals surface area contributed by atoms with Gasteiger partial charge in [-0.05, 0) is 18.6 Å². The second-order valence-electron chi connectivity index (χ2n) is 4.33. The molecule has 1 atom stereocenters. The number of aromatic nitrogens is 1. The maximum absolute atomic E-state index is 12.2. The predicted molar refractivity (Wildman–Crippen MR) is 73.9 cm³/mol. The Morgan fingerprint density at radius 2 is 2.15 bits per heavy atom. The standard InChI is InChI=1S/C13H15N3O3S/c1-2-10-13(19)15-11(17)7-16(10)12(18)8-20-9-3-5-14-6-4-9/h3-6,10H,2,7-8H2,1H3,(H,15,17,19). The molecule has 1 aliphatic heterocycles. The van der Waals surface area contributed by atoms with Gasteiger partial charge in [0.2, 0.25) is 17.7 Å². The van der Waals surface area contributed by atoms with E-state index in [9.17, 15) is 14.4 Å². The van der Waals surface area contributed by atoms with Gasteiger partial charge in [0.15, 0.2) is 0 Å². The number of rotatable bonds is 4. The smallest absolute Gasteiger partial charge is 0.249 e. The molecular formula is C13H15N3O3S. The number of amides is 3. The molecule has 1 aromatic rings. The van der Waals surface area contributed by atoms with Crippen LogP contribution in [0.3, 0.4) is 0 Å². The topological polar surface area (TPSA) is 79.4 Å². The number of pyridine rings is 1. The molecule has 1 saturated heterocycles. The van der Waals surface area contributed by atoms with E-state index in [1.165, 1.54) is 16.7 Å². The molecule has 0 saturated carbocycles. The molecule has 7 heteroatoms. The van der Waals surface area contributed by atoms with E-state index in [1.54, 1.807) is 12.4 Å². The molecule has 2 rings (SSSR count). The van der Waals surface area contributed by atoms with Gasteiger partial charge in [-0.2, -0.15) is 0 Å². The van der Waals surface area contributed by atoms with Gasteiger partial charge in [0.25, 0.3) is 0 Å². The van der Waals surface area contributed by atoms with Gasteiger partial charge in [0.1, 0.15) is 12.6 Å². The summed E-state index contributed by atoms with van der Waals surface area (Å²) in [6.45, 7) is 1.76. The quantitative estimate of drug-likeness (QED) is 0.643. The van der Waals surface area contributed by atoms with Crippen molar-refractivity contribution in [2.45, 2.75) is 24.3 Å². The molecule has 1 fully saturated rings. The Morgan fingerprint density at radius 3 is 2.80 bits per heavy atom. The summed E-state index contributed by atoms with van der Waals surface area (Å²) in [6, 6.07) is 3.06. The average Bonchev–Trinajstić information content (AvgIpc) is 2.45. The largest absolute Gasteiger partial charge is 0.321 e. The Balaban J connectivity index is 1.99. The lowest BCUT2D eigenvalue weighted by Crippen LogP contribution is -2.59. The van der Waals surface area contributed by atoms with Crippen molar-refractivity contribution in [3.63, 3.8) is 0 Å². The van der Waals surface area contributed by atoms with Gasteiger partial charge in [-0.3, -0.25) is 24.7 Å². The van der Waals surface area contributed by atoms with E-state index >= 15 is 0 Å². The maximum atomic E-state index is 12.2.